The zero-order valence-corrected chi connectivity index (χ0v) is 19.2. The molecule has 181 valence electrons. The normalized spacial score (nSPS) is 11.9. The molecule has 2 aliphatic rings. The maximum absolute atomic E-state index is 12.3. The average Bonchev–Trinajstić information content (AvgIpc) is 3.67. The quantitative estimate of drug-likeness (QED) is 0.106. The fourth-order valence-electron chi connectivity index (χ4n) is 3.52. The number of aromatic nitrogens is 4. The molecule has 0 radical (unpaired) electrons. The van der Waals surface area contributed by atoms with E-state index in [9.17, 15) is 22.0 Å². The van der Waals surface area contributed by atoms with E-state index in [4.69, 9.17) is 0 Å². The molecule has 0 amide bonds. The summed E-state index contributed by atoms with van der Waals surface area (Å²) in [5.74, 6) is -9.91. The number of hydrogen-bond acceptors (Lipinski definition) is 2. The number of hydrogen-bond donors (Lipinski definition) is 2. The van der Waals surface area contributed by atoms with Crippen molar-refractivity contribution in [3.63, 3.8) is 0 Å². The molecule has 6 rings (SSSR count). The van der Waals surface area contributed by atoms with Gasteiger partial charge in [0.25, 0.3) is 0 Å². The van der Waals surface area contributed by atoms with Crippen molar-refractivity contribution >= 4 is 50.8 Å². The average molecular weight is 533 g/mol. The second kappa shape index (κ2) is 9.56. The Bertz CT molecular complexity index is 1440. The van der Waals surface area contributed by atoms with Crippen LogP contribution in [0.5, 0.6) is 0 Å². The molecule has 2 N–H and O–H groups in total. The molecule has 0 spiro atoms. The van der Waals surface area contributed by atoms with Crippen molar-refractivity contribution in [1.29, 1.82) is 0 Å². The van der Waals surface area contributed by atoms with Gasteiger partial charge in [-0.3, -0.25) is 0 Å². The molecule has 10 heteroatoms. The summed E-state index contributed by atoms with van der Waals surface area (Å²) in [6, 6.07) is 16.4. The Balaban J connectivity index is 0.000000189. The van der Waals surface area contributed by atoms with Crippen molar-refractivity contribution in [2.75, 3.05) is 0 Å². The molecule has 2 aliphatic heterocycles. The summed E-state index contributed by atoms with van der Waals surface area (Å²) in [6.07, 6.45) is 8.09. The van der Waals surface area contributed by atoms with Crippen LogP contribution < -0.4 is 4.46 Å². The number of benzene rings is 1. The van der Waals surface area contributed by atoms with Gasteiger partial charge in [0.15, 0.2) is 0 Å². The van der Waals surface area contributed by atoms with Gasteiger partial charge < -0.3 is 9.97 Å². The summed E-state index contributed by atoms with van der Waals surface area (Å²) in [6.45, 7) is 0. The molecule has 0 unspecified atom stereocenters. The van der Waals surface area contributed by atoms with Crippen LogP contribution in [0.4, 0.5) is 22.0 Å². The third-order valence-corrected chi connectivity index (χ3v) is 5.67. The molecule has 4 nitrogen and oxygen atoms in total. The molecule has 3 aromatic heterocycles. The Morgan fingerprint density at radius 3 is 1.06 bits per heavy atom. The summed E-state index contributed by atoms with van der Waals surface area (Å²) in [4.78, 5) is 16.0. The van der Waals surface area contributed by atoms with Crippen LogP contribution >= 0.6 is 0 Å². The minimum absolute atomic E-state index is 0.939. The molecule has 0 atom stereocenters. The van der Waals surface area contributed by atoms with E-state index in [0.717, 1.165) is 44.8 Å². The van der Waals surface area contributed by atoms with Crippen LogP contribution in [-0.2, 0) is 16.0 Å². The predicted octanol–water partition coefficient (Wildman–Crippen LogP) is 6.21. The topological polar surface area (TPSA) is 57.4 Å². The van der Waals surface area contributed by atoms with Gasteiger partial charge in [0.05, 0.1) is 22.8 Å². The molecular formula is C26H14F5FeN4. The van der Waals surface area contributed by atoms with E-state index in [0.29, 0.717) is 0 Å². The van der Waals surface area contributed by atoms with E-state index >= 15 is 0 Å². The van der Waals surface area contributed by atoms with Crippen molar-refractivity contribution in [1.82, 2.24) is 19.9 Å². The summed E-state index contributed by atoms with van der Waals surface area (Å²) >= 11 is 2.69. The number of rotatable bonds is 0. The Morgan fingerprint density at radius 1 is 0.472 bits per heavy atom. The van der Waals surface area contributed by atoms with E-state index in [1.165, 1.54) is 0 Å². The van der Waals surface area contributed by atoms with Gasteiger partial charge in [0, 0.05) is 22.1 Å². The number of halogens is 5. The van der Waals surface area contributed by atoms with Crippen molar-refractivity contribution in [3.8, 4) is 0 Å². The van der Waals surface area contributed by atoms with Gasteiger partial charge >= 0.3 is 71.5 Å². The molecule has 0 saturated heterocycles. The fourth-order valence-corrected chi connectivity index (χ4v) is 3.76. The standard InChI is InChI=1S/C20H14N4.C6F5.Fe/c1-2-14-10-16-5-6-18(23-16)12-20-8-7-19(24-20)11-17-4-3-15(22-17)9-13(1)21-14;7-2-1-3(8)5(10)6(11)4(2)9;/h1-12,21,24H;;. The molecule has 4 aromatic rings. The second-order valence-corrected chi connectivity index (χ2v) is 8.33. The van der Waals surface area contributed by atoms with Crippen molar-refractivity contribution in [2.45, 2.75) is 0 Å². The Kier molecular flexibility index (Phi) is 6.30. The second-order valence-electron chi connectivity index (χ2n) is 7.78. The zero-order chi connectivity index (χ0) is 25.4. The molecular weight excluding hydrogens is 519 g/mol. The molecule has 36 heavy (non-hydrogen) atoms. The van der Waals surface area contributed by atoms with Crippen LogP contribution in [0.15, 0.2) is 48.5 Å². The zero-order valence-electron chi connectivity index (χ0n) is 18.1. The Morgan fingerprint density at radius 2 is 0.750 bits per heavy atom. The first-order valence-corrected chi connectivity index (χ1v) is 11.0. The summed E-state index contributed by atoms with van der Waals surface area (Å²) in [5, 5.41) is 0. The Labute approximate surface area is 209 Å². The molecule has 0 aliphatic carbocycles. The van der Waals surface area contributed by atoms with Crippen molar-refractivity contribution in [2.24, 2.45) is 0 Å². The van der Waals surface area contributed by atoms with Gasteiger partial charge in [-0.1, -0.05) is 0 Å². The number of fused-ring (bicyclic) bond motifs is 8. The van der Waals surface area contributed by atoms with Crippen molar-refractivity contribution in [3.05, 3.63) is 100 Å². The van der Waals surface area contributed by atoms with E-state index in [1.54, 1.807) is 0 Å². The number of H-pyrrole nitrogens is 2. The first-order chi connectivity index (χ1) is 17.3. The molecule has 1 aromatic carbocycles. The maximum atomic E-state index is 12.3. The third kappa shape index (κ3) is 4.86. The van der Waals surface area contributed by atoms with Crippen LogP contribution in [-0.4, -0.2) is 19.9 Å². The van der Waals surface area contributed by atoms with Crippen LogP contribution in [0, 0.1) is 29.1 Å². The number of aromatic amines is 2. The van der Waals surface area contributed by atoms with Gasteiger partial charge in [-0.05, 0) is 72.8 Å². The number of nitrogens with zero attached hydrogens (tertiary/aromatic N) is 2. The van der Waals surface area contributed by atoms with E-state index in [2.05, 4.69) is 60.2 Å². The summed E-state index contributed by atoms with van der Waals surface area (Å²) < 4.78 is 60.2. The van der Waals surface area contributed by atoms with Crippen LogP contribution in [0.3, 0.4) is 0 Å². The van der Waals surface area contributed by atoms with Gasteiger partial charge in [-0.25, -0.2) is 9.97 Å². The van der Waals surface area contributed by atoms with Gasteiger partial charge in [0.2, 0.25) is 0 Å². The van der Waals surface area contributed by atoms with Crippen LogP contribution in [0.1, 0.15) is 22.8 Å². The third-order valence-electron chi connectivity index (χ3n) is 5.19. The summed E-state index contributed by atoms with van der Waals surface area (Å²) in [5.41, 5.74) is 7.86. The van der Waals surface area contributed by atoms with E-state index in [-0.39, 0.29) is 0 Å². The van der Waals surface area contributed by atoms with Crippen LogP contribution in [0.25, 0.3) is 46.4 Å². The van der Waals surface area contributed by atoms with Gasteiger partial charge in [-0.2, -0.15) is 0 Å². The fraction of sp³-hybridized carbons (Fsp3) is 0. The van der Waals surface area contributed by atoms with E-state index in [1.807, 2.05) is 48.6 Å². The summed E-state index contributed by atoms with van der Waals surface area (Å²) in [7, 11) is 0. The first kappa shape index (κ1) is 23.7. The van der Waals surface area contributed by atoms with Gasteiger partial charge in [0.1, 0.15) is 0 Å². The molecule has 0 fully saturated rings. The first-order valence-electron chi connectivity index (χ1n) is 10.5. The molecule has 5 heterocycles. The monoisotopic (exact) mass is 533 g/mol. The van der Waals surface area contributed by atoms with E-state index < -0.39 is 33.5 Å². The minimum atomic E-state index is -2.17. The molecule has 8 bridgehead atoms. The molecule has 0 saturated carbocycles. The Hall–Kier alpha value is -4.01. The van der Waals surface area contributed by atoms with Crippen molar-refractivity contribution < 1.29 is 38.0 Å². The van der Waals surface area contributed by atoms with Crippen LogP contribution in [0.2, 0.25) is 0 Å². The van der Waals surface area contributed by atoms with Gasteiger partial charge in [-0.15, -0.1) is 0 Å². The number of nitrogens with one attached hydrogen (secondary N) is 2. The SMILES string of the molecule is C1=Cc2cc3ccc(cc4nc(cc5ccc(cc1n2)[nH]5)C=C4)[nH]3.Fc1c(F)c(F)[c]([Fe])c(F)c1F. The predicted molar refractivity (Wildman–Crippen MR) is 125 cm³/mol.